The smallest absolute Gasteiger partial charge is 0.164 e. The van der Waals surface area contributed by atoms with Crippen LogP contribution in [0.2, 0.25) is 0 Å². The number of halogens is 2. The molecular formula is C18H18F2N2O. The molecule has 5 heteroatoms. The number of benzene rings is 2. The molecule has 0 unspecified atom stereocenters. The second-order valence-corrected chi connectivity index (χ2v) is 5.62. The molecule has 0 saturated carbocycles. The quantitative estimate of drug-likeness (QED) is 0.810. The molecule has 1 aliphatic rings. The number of piperazine rings is 1. The van der Waals surface area contributed by atoms with E-state index in [-0.39, 0.29) is 17.2 Å². The highest BCUT2D eigenvalue weighted by Gasteiger charge is 2.23. The molecule has 0 bridgehead atoms. The largest absolute Gasteiger partial charge is 0.367 e. The fourth-order valence-electron chi connectivity index (χ4n) is 3.02. The van der Waals surface area contributed by atoms with Crippen molar-refractivity contribution in [2.24, 2.45) is 0 Å². The number of rotatable bonds is 3. The van der Waals surface area contributed by atoms with Crippen molar-refractivity contribution < 1.29 is 13.6 Å². The lowest BCUT2D eigenvalue weighted by atomic mass is 10.1. The zero-order valence-electron chi connectivity index (χ0n) is 12.9. The van der Waals surface area contributed by atoms with E-state index in [9.17, 15) is 13.6 Å². The summed E-state index contributed by atoms with van der Waals surface area (Å²) in [7, 11) is 0. The molecule has 1 saturated heterocycles. The number of nitrogens with zero attached hydrogens (tertiary/aromatic N) is 2. The van der Waals surface area contributed by atoms with Crippen LogP contribution in [0, 0.1) is 11.6 Å². The Balaban J connectivity index is 1.79. The van der Waals surface area contributed by atoms with Crippen LogP contribution in [-0.2, 0) is 0 Å². The molecule has 0 atom stereocenters. The van der Waals surface area contributed by atoms with Crippen LogP contribution in [0.4, 0.5) is 20.2 Å². The summed E-state index contributed by atoms with van der Waals surface area (Å²) in [6.45, 7) is 3.83. The first-order valence-corrected chi connectivity index (χ1v) is 7.62. The molecule has 3 rings (SSSR count). The lowest BCUT2D eigenvalue weighted by Crippen LogP contribution is -2.47. The summed E-state index contributed by atoms with van der Waals surface area (Å²) in [6, 6.07) is 11.4. The minimum absolute atomic E-state index is 0.131. The number of hydrogen-bond donors (Lipinski definition) is 0. The Labute approximate surface area is 134 Å². The van der Waals surface area contributed by atoms with Crippen molar-refractivity contribution in [1.82, 2.24) is 0 Å². The van der Waals surface area contributed by atoms with Crippen molar-refractivity contribution >= 4 is 17.2 Å². The van der Waals surface area contributed by atoms with Crippen molar-refractivity contribution in [2.45, 2.75) is 6.92 Å². The number of carbonyl (C=O) groups excluding carboxylic acids is 1. The van der Waals surface area contributed by atoms with E-state index in [4.69, 9.17) is 0 Å². The summed E-state index contributed by atoms with van der Waals surface area (Å²) in [5, 5.41) is 0. The fraction of sp³-hybridized carbons (Fsp3) is 0.278. The molecule has 1 fully saturated rings. The van der Waals surface area contributed by atoms with Crippen LogP contribution >= 0.6 is 0 Å². The molecule has 3 nitrogen and oxygen atoms in total. The minimum atomic E-state index is -0.494. The number of ketones is 1. The van der Waals surface area contributed by atoms with Crippen molar-refractivity contribution in [3.63, 3.8) is 0 Å². The molecular weight excluding hydrogens is 298 g/mol. The average Bonchev–Trinajstić information content (AvgIpc) is 2.55. The Morgan fingerprint density at radius 3 is 1.96 bits per heavy atom. The van der Waals surface area contributed by atoms with E-state index < -0.39 is 5.82 Å². The van der Waals surface area contributed by atoms with Crippen LogP contribution in [0.3, 0.4) is 0 Å². The standard InChI is InChI=1S/C18H18F2N2O/c1-13(23)18-15(20)6-4-8-17(18)22-11-9-21(10-12-22)16-7-3-2-5-14(16)19/h2-8H,9-12H2,1H3. The first-order chi connectivity index (χ1) is 11.1. The number of hydrogen-bond acceptors (Lipinski definition) is 3. The zero-order chi connectivity index (χ0) is 16.4. The average molecular weight is 316 g/mol. The Bertz CT molecular complexity index is 725. The van der Waals surface area contributed by atoms with E-state index >= 15 is 0 Å². The van der Waals surface area contributed by atoms with Crippen molar-refractivity contribution in [1.29, 1.82) is 0 Å². The number of Topliss-reactive ketones (excluding diaryl/α,β-unsaturated/α-hetero) is 1. The molecule has 0 N–H and O–H groups in total. The number of anilines is 2. The summed E-state index contributed by atoms with van der Waals surface area (Å²) in [5.74, 6) is -1.02. The van der Waals surface area contributed by atoms with Gasteiger partial charge in [0, 0.05) is 26.2 Å². The summed E-state index contributed by atoms with van der Waals surface area (Å²) in [6.07, 6.45) is 0. The first kappa shape index (κ1) is 15.5. The van der Waals surface area contributed by atoms with E-state index in [0.29, 0.717) is 37.6 Å². The van der Waals surface area contributed by atoms with Crippen LogP contribution in [0.15, 0.2) is 42.5 Å². The molecule has 1 aliphatic heterocycles. The molecule has 0 spiro atoms. The van der Waals surface area contributed by atoms with Crippen LogP contribution in [0.1, 0.15) is 17.3 Å². The van der Waals surface area contributed by atoms with Crippen molar-refractivity contribution in [2.75, 3.05) is 36.0 Å². The van der Waals surface area contributed by atoms with Crippen LogP contribution in [0.5, 0.6) is 0 Å². The van der Waals surface area contributed by atoms with Gasteiger partial charge in [0.15, 0.2) is 5.78 Å². The van der Waals surface area contributed by atoms with Gasteiger partial charge in [-0.05, 0) is 31.2 Å². The summed E-state index contributed by atoms with van der Waals surface area (Å²) in [5.41, 5.74) is 1.33. The maximum atomic E-state index is 13.9. The molecule has 0 radical (unpaired) electrons. The number of para-hydroxylation sites is 1. The molecule has 120 valence electrons. The minimum Gasteiger partial charge on any atom is -0.367 e. The van der Waals surface area contributed by atoms with Gasteiger partial charge in [0.1, 0.15) is 11.6 Å². The van der Waals surface area contributed by atoms with Crippen LogP contribution < -0.4 is 9.80 Å². The molecule has 0 aromatic heterocycles. The third-order valence-corrected chi connectivity index (χ3v) is 4.16. The SMILES string of the molecule is CC(=O)c1c(F)cccc1N1CCN(c2ccccc2F)CC1. The monoisotopic (exact) mass is 316 g/mol. The van der Waals surface area contributed by atoms with Gasteiger partial charge in [-0.1, -0.05) is 18.2 Å². The topological polar surface area (TPSA) is 23.6 Å². The Kier molecular flexibility index (Phi) is 4.28. The highest BCUT2D eigenvalue weighted by molar-refractivity contribution is 6.00. The van der Waals surface area contributed by atoms with Gasteiger partial charge >= 0.3 is 0 Å². The maximum absolute atomic E-state index is 13.9. The lowest BCUT2D eigenvalue weighted by Gasteiger charge is -2.38. The second-order valence-electron chi connectivity index (χ2n) is 5.62. The predicted molar refractivity (Wildman–Crippen MR) is 87.2 cm³/mol. The second kappa shape index (κ2) is 6.36. The molecule has 2 aromatic carbocycles. The molecule has 0 amide bonds. The van der Waals surface area contributed by atoms with Gasteiger partial charge in [-0.15, -0.1) is 0 Å². The van der Waals surface area contributed by atoms with Gasteiger partial charge in [-0.3, -0.25) is 4.79 Å². The molecule has 1 heterocycles. The normalized spacial score (nSPS) is 14.9. The fourth-order valence-corrected chi connectivity index (χ4v) is 3.02. The van der Waals surface area contributed by atoms with Gasteiger partial charge in [0.25, 0.3) is 0 Å². The molecule has 0 aliphatic carbocycles. The van der Waals surface area contributed by atoms with E-state index in [0.717, 1.165) is 0 Å². The van der Waals surface area contributed by atoms with E-state index in [2.05, 4.69) is 0 Å². The van der Waals surface area contributed by atoms with Crippen LogP contribution in [-0.4, -0.2) is 32.0 Å². The van der Waals surface area contributed by atoms with Gasteiger partial charge in [0.2, 0.25) is 0 Å². The van der Waals surface area contributed by atoms with Crippen molar-refractivity contribution in [3.05, 3.63) is 59.7 Å². The van der Waals surface area contributed by atoms with Crippen LogP contribution in [0.25, 0.3) is 0 Å². The summed E-state index contributed by atoms with van der Waals surface area (Å²) in [4.78, 5) is 15.7. The van der Waals surface area contributed by atoms with E-state index in [1.165, 1.54) is 19.1 Å². The van der Waals surface area contributed by atoms with Gasteiger partial charge < -0.3 is 9.80 Å². The molecule has 23 heavy (non-hydrogen) atoms. The lowest BCUT2D eigenvalue weighted by molar-refractivity contribution is 0.101. The number of carbonyl (C=O) groups is 1. The van der Waals surface area contributed by atoms with Gasteiger partial charge in [0.05, 0.1) is 16.9 Å². The maximum Gasteiger partial charge on any atom is 0.164 e. The Hall–Kier alpha value is -2.43. The Morgan fingerprint density at radius 2 is 1.35 bits per heavy atom. The first-order valence-electron chi connectivity index (χ1n) is 7.62. The highest BCUT2D eigenvalue weighted by atomic mass is 19.1. The highest BCUT2D eigenvalue weighted by Crippen LogP contribution is 2.27. The van der Waals surface area contributed by atoms with E-state index in [1.807, 2.05) is 15.9 Å². The zero-order valence-corrected chi connectivity index (χ0v) is 12.9. The third-order valence-electron chi connectivity index (χ3n) is 4.16. The van der Waals surface area contributed by atoms with Crippen molar-refractivity contribution in [3.8, 4) is 0 Å². The third kappa shape index (κ3) is 3.04. The molecule has 2 aromatic rings. The van der Waals surface area contributed by atoms with Gasteiger partial charge in [-0.2, -0.15) is 0 Å². The summed E-state index contributed by atoms with van der Waals surface area (Å²) >= 11 is 0. The predicted octanol–water partition coefficient (Wildman–Crippen LogP) is 3.49. The van der Waals surface area contributed by atoms with Gasteiger partial charge in [-0.25, -0.2) is 8.78 Å². The Morgan fingerprint density at radius 1 is 0.826 bits per heavy atom. The van der Waals surface area contributed by atoms with E-state index in [1.54, 1.807) is 24.3 Å². The summed E-state index contributed by atoms with van der Waals surface area (Å²) < 4.78 is 27.8.